The van der Waals surface area contributed by atoms with Crippen LogP contribution in [0.3, 0.4) is 0 Å². The minimum atomic E-state index is -0.0587. The molecular formula is C16H29IN4OS. The molecule has 0 amide bonds. The summed E-state index contributed by atoms with van der Waals surface area (Å²) in [6, 6.07) is 0. The Kier molecular flexibility index (Phi) is 8.23. The summed E-state index contributed by atoms with van der Waals surface area (Å²) in [6.45, 7) is 11.2. The summed E-state index contributed by atoms with van der Waals surface area (Å²) in [4.78, 5) is 12.2. The van der Waals surface area contributed by atoms with Gasteiger partial charge in [-0.3, -0.25) is 4.99 Å². The van der Waals surface area contributed by atoms with E-state index in [1.165, 1.54) is 4.88 Å². The van der Waals surface area contributed by atoms with Crippen molar-refractivity contribution in [1.29, 1.82) is 0 Å². The molecule has 0 saturated carbocycles. The van der Waals surface area contributed by atoms with Crippen LogP contribution in [0.1, 0.15) is 43.5 Å². The van der Waals surface area contributed by atoms with Gasteiger partial charge in [-0.15, -0.1) is 35.3 Å². The van der Waals surface area contributed by atoms with E-state index in [1.807, 2.05) is 20.2 Å². The molecule has 0 atom stereocenters. The van der Waals surface area contributed by atoms with Crippen molar-refractivity contribution in [2.24, 2.45) is 4.99 Å². The highest BCUT2D eigenvalue weighted by molar-refractivity contribution is 14.0. The molecular weight excluding hydrogens is 423 g/mol. The van der Waals surface area contributed by atoms with Crippen LogP contribution in [-0.2, 0) is 11.3 Å². The zero-order chi connectivity index (χ0) is 16.2. The van der Waals surface area contributed by atoms with Crippen LogP contribution >= 0.6 is 35.3 Å². The van der Waals surface area contributed by atoms with Gasteiger partial charge in [0.25, 0.3) is 0 Å². The van der Waals surface area contributed by atoms with Crippen molar-refractivity contribution in [1.82, 2.24) is 15.2 Å². The molecule has 0 unspecified atom stereocenters. The average molecular weight is 452 g/mol. The number of rotatable bonds is 3. The summed E-state index contributed by atoms with van der Waals surface area (Å²) in [5.74, 6) is 0.972. The third-order valence-electron chi connectivity index (χ3n) is 3.56. The molecule has 1 aliphatic rings. The Bertz CT molecular complexity index is 504. The predicted molar refractivity (Wildman–Crippen MR) is 108 cm³/mol. The zero-order valence-electron chi connectivity index (χ0n) is 14.8. The number of thiazole rings is 1. The summed E-state index contributed by atoms with van der Waals surface area (Å²) < 4.78 is 6.08. The second kappa shape index (κ2) is 9.17. The zero-order valence-corrected chi connectivity index (χ0v) is 17.9. The maximum atomic E-state index is 6.08. The SMILES string of the molecule is CN=C(NCc1cnc(C)s1)N1CCC(OC(C)(C)C)CC1.I. The molecule has 0 aromatic carbocycles. The van der Waals surface area contributed by atoms with E-state index in [2.05, 4.69) is 41.0 Å². The molecule has 1 aliphatic heterocycles. The molecule has 2 heterocycles. The van der Waals surface area contributed by atoms with Crippen molar-refractivity contribution in [2.45, 2.75) is 58.8 Å². The van der Waals surface area contributed by atoms with E-state index in [0.717, 1.165) is 43.4 Å². The lowest BCUT2D eigenvalue weighted by Gasteiger charge is -2.36. The molecule has 1 saturated heterocycles. The van der Waals surface area contributed by atoms with Gasteiger partial charge in [-0.1, -0.05) is 0 Å². The fourth-order valence-corrected chi connectivity index (χ4v) is 3.41. The van der Waals surface area contributed by atoms with E-state index in [1.54, 1.807) is 11.3 Å². The van der Waals surface area contributed by atoms with E-state index in [4.69, 9.17) is 4.74 Å². The maximum Gasteiger partial charge on any atom is 0.193 e. The Labute approximate surface area is 160 Å². The standard InChI is InChI=1S/C16H28N4OS.HI/c1-12-18-10-14(22-12)11-19-15(17-5)20-8-6-13(7-9-20)21-16(2,3)4;/h10,13H,6-9,11H2,1-5H3,(H,17,19);1H. The largest absolute Gasteiger partial charge is 0.372 e. The molecule has 1 aromatic rings. The number of nitrogens with one attached hydrogen (secondary N) is 1. The Morgan fingerprint density at radius 3 is 2.57 bits per heavy atom. The second-order valence-corrected chi connectivity index (χ2v) is 7.98. The molecule has 1 fully saturated rings. The topological polar surface area (TPSA) is 49.8 Å². The number of guanidine groups is 1. The highest BCUT2D eigenvalue weighted by Crippen LogP contribution is 2.20. The van der Waals surface area contributed by atoms with Crippen LogP contribution in [0.25, 0.3) is 0 Å². The smallest absolute Gasteiger partial charge is 0.193 e. The Morgan fingerprint density at radius 2 is 2.09 bits per heavy atom. The number of likely N-dealkylation sites (tertiary alicyclic amines) is 1. The number of aromatic nitrogens is 1. The minimum Gasteiger partial charge on any atom is -0.372 e. The summed E-state index contributed by atoms with van der Waals surface area (Å²) in [5, 5.41) is 4.54. The molecule has 7 heteroatoms. The first-order valence-corrected chi connectivity index (χ1v) is 8.74. The first-order valence-electron chi connectivity index (χ1n) is 7.92. The van der Waals surface area contributed by atoms with Gasteiger partial charge in [0, 0.05) is 31.2 Å². The van der Waals surface area contributed by atoms with Crippen LogP contribution in [0.2, 0.25) is 0 Å². The Hall–Kier alpha value is -0.410. The van der Waals surface area contributed by atoms with E-state index in [9.17, 15) is 0 Å². The van der Waals surface area contributed by atoms with Gasteiger partial charge in [0.05, 0.1) is 23.3 Å². The summed E-state index contributed by atoms with van der Waals surface area (Å²) in [7, 11) is 1.85. The van der Waals surface area contributed by atoms with Gasteiger partial charge in [0.15, 0.2) is 5.96 Å². The number of halogens is 1. The Morgan fingerprint density at radius 1 is 1.43 bits per heavy atom. The van der Waals surface area contributed by atoms with Gasteiger partial charge in [0.2, 0.25) is 0 Å². The number of aliphatic imine (C=N–C) groups is 1. The maximum absolute atomic E-state index is 6.08. The van der Waals surface area contributed by atoms with E-state index in [-0.39, 0.29) is 29.6 Å². The lowest BCUT2D eigenvalue weighted by Crippen LogP contribution is -2.47. The van der Waals surface area contributed by atoms with Gasteiger partial charge >= 0.3 is 0 Å². The van der Waals surface area contributed by atoms with Crippen molar-refractivity contribution in [3.63, 3.8) is 0 Å². The summed E-state index contributed by atoms with van der Waals surface area (Å²) >= 11 is 1.73. The highest BCUT2D eigenvalue weighted by Gasteiger charge is 2.25. The van der Waals surface area contributed by atoms with Gasteiger partial charge in [-0.2, -0.15) is 0 Å². The lowest BCUT2D eigenvalue weighted by atomic mass is 10.1. The number of ether oxygens (including phenoxy) is 1. The van der Waals surface area contributed by atoms with Crippen LogP contribution in [0.5, 0.6) is 0 Å². The third kappa shape index (κ3) is 6.93. The number of hydrogen-bond donors (Lipinski definition) is 1. The quantitative estimate of drug-likeness (QED) is 0.434. The molecule has 0 aliphatic carbocycles. The highest BCUT2D eigenvalue weighted by atomic mass is 127. The minimum absolute atomic E-state index is 0. The molecule has 1 aromatic heterocycles. The van der Waals surface area contributed by atoms with Crippen LogP contribution < -0.4 is 5.32 Å². The van der Waals surface area contributed by atoms with Crippen molar-refractivity contribution in [3.8, 4) is 0 Å². The van der Waals surface area contributed by atoms with E-state index < -0.39 is 0 Å². The molecule has 23 heavy (non-hydrogen) atoms. The lowest BCUT2D eigenvalue weighted by molar-refractivity contribution is -0.0772. The van der Waals surface area contributed by atoms with Gasteiger partial charge < -0.3 is 15.0 Å². The molecule has 2 rings (SSSR count). The monoisotopic (exact) mass is 452 g/mol. The van der Waals surface area contributed by atoms with E-state index >= 15 is 0 Å². The van der Waals surface area contributed by atoms with Crippen LogP contribution in [0.4, 0.5) is 0 Å². The number of piperidine rings is 1. The van der Waals surface area contributed by atoms with Crippen LogP contribution in [0, 0.1) is 6.92 Å². The molecule has 132 valence electrons. The van der Waals surface area contributed by atoms with Crippen molar-refractivity contribution in [3.05, 3.63) is 16.1 Å². The third-order valence-corrected chi connectivity index (χ3v) is 4.48. The van der Waals surface area contributed by atoms with Crippen LogP contribution in [-0.4, -0.2) is 47.7 Å². The van der Waals surface area contributed by atoms with Gasteiger partial charge in [-0.25, -0.2) is 4.98 Å². The average Bonchev–Trinajstić information content (AvgIpc) is 2.85. The first-order chi connectivity index (χ1) is 10.4. The summed E-state index contributed by atoms with van der Waals surface area (Å²) in [5.41, 5.74) is -0.0587. The summed E-state index contributed by atoms with van der Waals surface area (Å²) in [6.07, 6.45) is 4.40. The van der Waals surface area contributed by atoms with Crippen molar-refractivity contribution < 1.29 is 4.74 Å². The van der Waals surface area contributed by atoms with E-state index in [0.29, 0.717) is 6.10 Å². The fourth-order valence-electron chi connectivity index (χ4n) is 2.67. The Balaban J connectivity index is 0.00000264. The predicted octanol–water partition coefficient (Wildman–Crippen LogP) is 3.42. The number of aryl methyl sites for hydroxylation is 1. The van der Waals surface area contributed by atoms with Crippen LogP contribution in [0.15, 0.2) is 11.2 Å². The van der Waals surface area contributed by atoms with Crippen molar-refractivity contribution >= 4 is 41.3 Å². The molecule has 0 bridgehead atoms. The molecule has 0 spiro atoms. The molecule has 1 N–H and O–H groups in total. The molecule has 0 radical (unpaired) electrons. The molecule has 5 nitrogen and oxygen atoms in total. The van der Waals surface area contributed by atoms with Gasteiger partial charge in [-0.05, 0) is 40.5 Å². The van der Waals surface area contributed by atoms with Gasteiger partial charge in [0.1, 0.15) is 0 Å². The number of hydrogen-bond acceptors (Lipinski definition) is 4. The number of nitrogens with zero attached hydrogens (tertiary/aromatic N) is 3. The second-order valence-electron chi connectivity index (χ2n) is 6.66. The normalized spacial score (nSPS) is 17.1. The van der Waals surface area contributed by atoms with Crippen molar-refractivity contribution in [2.75, 3.05) is 20.1 Å². The fraction of sp³-hybridized carbons (Fsp3) is 0.750. The first kappa shape index (κ1) is 20.6.